The van der Waals surface area contributed by atoms with Crippen molar-refractivity contribution in [3.63, 3.8) is 0 Å². The van der Waals surface area contributed by atoms with Gasteiger partial charge in [-0.05, 0) is 31.4 Å². The van der Waals surface area contributed by atoms with Gasteiger partial charge in [-0.2, -0.15) is 0 Å². The maximum absolute atomic E-state index is 13.6. The van der Waals surface area contributed by atoms with E-state index in [1.807, 2.05) is 6.92 Å². The Bertz CT molecular complexity index is 620. The lowest BCUT2D eigenvalue weighted by Crippen LogP contribution is -2.14. The molecule has 2 aromatic rings. The number of halogens is 2. The molecule has 1 aromatic heterocycles. The molecule has 106 valence electrons. The summed E-state index contributed by atoms with van der Waals surface area (Å²) in [4.78, 5) is 5.69. The van der Waals surface area contributed by atoms with E-state index >= 15 is 0 Å². The predicted molar refractivity (Wildman–Crippen MR) is 75.9 cm³/mol. The Morgan fingerprint density at radius 3 is 2.85 bits per heavy atom. The summed E-state index contributed by atoms with van der Waals surface area (Å²) in [6.45, 7) is 2.81. The minimum absolute atomic E-state index is 0.418. The smallest absolute Gasteiger partial charge is 0.129 e. The topological polar surface area (TPSA) is 24.9 Å². The molecule has 0 atom stereocenters. The van der Waals surface area contributed by atoms with Crippen LogP contribution in [0, 0.1) is 18.6 Å². The fourth-order valence-corrected chi connectivity index (χ4v) is 3.12. The van der Waals surface area contributed by atoms with Gasteiger partial charge in [0.15, 0.2) is 0 Å². The first kappa shape index (κ1) is 13.6. The zero-order valence-corrected chi connectivity index (χ0v) is 12.1. The van der Waals surface area contributed by atoms with Crippen molar-refractivity contribution in [1.29, 1.82) is 0 Å². The van der Waals surface area contributed by atoms with Crippen LogP contribution >= 0.6 is 11.3 Å². The third kappa shape index (κ3) is 3.22. The number of hydrogen-bond donors (Lipinski definition) is 1. The van der Waals surface area contributed by atoms with Crippen molar-refractivity contribution in [1.82, 2.24) is 10.3 Å². The third-order valence-electron chi connectivity index (χ3n) is 3.42. The second-order valence-corrected chi connectivity index (χ2v) is 6.35. The van der Waals surface area contributed by atoms with Gasteiger partial charge in [0.25, 0.3) is 0 Å². The van der Waals surface area contributed by atoms with Crippen LogP contribution in [0.15, 0.2) is 18.2 Å². The molecule has 1 aromatic carbocycles. The number of aryl methyl sites for hydroxylation is 1. The maximum atomic E-state index is 13.6. The maximum Gasteiger partial charge on any atom is 0.129 e. The van der Waals surface area contributed by atoms with Gasteiger partial charge in [-0.1, -0.05) is 6.07 Å². The molecule has 5 heteroatoms. The van der Waals surface area contributed by atoms with Crippen LogP contribution in [0.5, 0.6) is 0 Å². The van der Waals surface area contributed by atoms with Crippen molar-refractivity contribution in [2.75, 3.05) is 0 Å². The zero-order valence-electron chi connectivity index (χ0n) is 11.2. The molecule has 0 radical (unpaired) electrons. The average molecular weight is 294 g/mol. The number of nitrogens with one attached hydrogen (secondary N) is 1. The molecule has 1 aliphatic rings. The van der Waals surface area contributed by atoms with Crippen molar-refractivity contribution in [2.45, 2.75) is 38.8 Å². The Morgan fingerprint density at radius 2 is 2.15 bits per heavy atom. The summed E-state index contributed by atoms with van der Waals surface area (Å²) in [5.41, 5.74) is 1.49. The largest absolute Gasteiger partial charge is 0.309 e. The van der Waals surface area contributed by atoms with Gasteiger partial charge in [-0.15, -0.1) is 11.3 Å². The molecule has 0 amide bonds. The number of aromatic nitrogens is 1. The third-order valence-corrected chi connectivity index (χ3v) is 4.58. The summed E-state index contributed by atoms with van der Waals surface area (Å²) in [6.07, 6.45) is 2.93. The number of benzene rings is 1. The first-order valence-corrected chi connectivity index (χ1v) is 7.56. The van der Waals surface area contributed by atoms with E-state index in [0.717, 1.165) is 23.3 Å². The molecule has 1 aliphatic carbocycles. The molecular weight excluding hydrogens is 278 g/mol. The predicted octanol–water partition coefficient (Wildman–Crippen LogP) is 3.57. The van der Waals surface area contributed by atoms with Gasteiger partial charge in [0.2, 0.25) is 0 Å². The average Bonchev–Trinajstić information content (AvgIpc) is 3.15. The highest BCUT2D eigenvalue weighted by Crippen LogP contribution is 2.24. The molecule has 1 N–H and O–H groups in total. The normalized spacial score (nSPS) is 14.8. The van der Waals surface area contributed by atoms with Crippen LogP contribution in [-0.4, -0.2) is 11.0 Å². The van der Waals surface area contributed by atoms with Gasteiger partial charge in [0.1, 0.15) is 11.6 Å². The Morgan fingerprint density at radius 1 is 1.35 bits per heavy atom. The summed E-state index contributed by atoms with van der Waals surface area (Å²) in [5.74, 6) is -1.05. The molecule has 1 fully saturated rings. The van der Waals surface area contributed by atoms with E-state index in [1.54, 1.807) is 11.3 Å². The lowest BCUT2D eigenvalue weighted by atomic mass is 10.1. The second kappa shape index (κ2) is 5.58. The highest BCUT2D eigenvalue weighted by atomic mass is 32.1. The molecule has 0 bridgehead atoms. The van der Waals surface area contributed by atoms with Crippen LogP contribution in [0.25, 0.3) is 0 Å². The zero-order chi connectivity index (χ0) is 14.1. The highest BCUT2D eigenvalue weighted by Gasteiger charge is 2.21. The number of nitrogens with zero attached hydrogens (tertiary/aromatic N) is 1. The number of thiazole rings is 1. The Labute approximate surface area is 120 Å². The van der Waals surface area contributed by atoms with Crippen LogP contribution in [-0.2, 0) is 13.0 Å². The molecule has 20 heavy (non-hydrogen) atoms. The van der Waals surface area contributed by atoms with Gasteiger partial charge >= 0.3 is 0 Å². The number of hydrogen-bond acceptors (Lipinski definition) is 3. The Balaban J connectivity index is 1.71. The van der Waals surface area contributed by atoms with E-state index in [9.17, 15) is 8.78 Å². The fraction of sp³-hybridized carbons (Fsp3) is 0.400. The summed E-state index contributed by atoms with van der Waals surface area (Å²) >= 11 is 1.60. The molecule has 0 spiro atoms. The van der Waals surface area contributed by atoms with E-state index in [-0.39, 0.29) is 0 Å². The van der Waals surface area contributed by atoms with Crippen molar-refractivity contribution in [3.8, 4) is 0 Å². The molecule has 3 rings (SSSR count). The molecule has 1 heterocycles. The first-order valence-electron chi connectivity index (χ1n) is 6.74. The molecule has 1 saturated carbocycles. The van der Waals surface area contributed by atoms with Gasteiger partial charge in [0, 0.05) is 30.0 Å². The monoisotopic (exact) mass is 294 g/mol. The van der Waals surface area contributed by atoms with E-state index in [4.69, 9.17) is 0 Å². The minimum Gasteiger partial charge on any atom is -0.309 e. The van der Waals surface area contributed by atoms with Crippen LogP contribution in [0.3, 0.4) is 0 Å². The Hall–Kier alpha value is -1.33. The van der Waals surface area contributed by atoms with E-state index in [1.165, 1.54) is 29.9 Å². The molecule has 2 nitrogen and oxygen atoms in total. The quantitative estimate of drug-likeness (QED) is 0.912. The van der Waals surface area contributed by atoms with Crippen LogP contribution in [0.1, 0.15) is 34.0 Å². The van der Waals surface area contributed by atoms with Crippen molar-refractivity contribution < 1.29 is 8.78 Å². The van der Waals surface area contributed by atoms with Crippen LogP contribution < -0.4 is 5.32 Å². The highest BCUT2D eigenvalue weighted by molar-refractivity contribution is 7.11. The molecule has 0 unspecified atom stereocenters. The SMILES string of the molecule is Cc1nc(Cc2ccc(F)cc2F)sc1CNC1CC1. The van der Waals surface area contributed by atoms with Crippen LogP contribution in [0.4, 0.5) is 8.78 Å². The van der Waals surface area contributed by atoms with E-state index in [0.29, 0.717) is 18.0 Å². The fourth-order valence-electron chi connectivity index (χ4n) is 2.08. The van der Waals surface area contributed by atoms with Gasteiger partial charge < -0.3 is 5.32 Å². The summed E-state index contributed by atoms with van der Waals surface area (Å²) < 4.78 is 26.5. The summed E-state index contributed by atoms with van der Waals surface area (Å²) in [7, 11) is 0. The van der Waals surface area contributed by atoms with Crippen molar-refractivity contribution in [2.24, 2.45) is 0 Å². The summed E-state index contributed by atoms with van der Waals surface area (Å²) in [6, 6.07) is 4.36. The first-order chi connectivity index (χ1) is 9.61. The van der Waals surface area contributed by atoms with E-state index in [2.05, 4.69) is 10.3 Å². The second-order valence-electron chi connectivity index (χ2n) is 5.18. The number of rotatable bonds is 5. The van der Waals surface area contributed by atoms with E-state index < -0.39 is 11.6 Å². The van der Waals surface area contributed by atoms with Crippen molar-refractivity contribution in [3.05, 3.63) is 51.0 Å². The van der Waals surface area contributed by atoms with Gasteiger partial charge in [-0.25, -0.2) is 13.8 Å². The van der Waals surface area contributed by atoms with Crippen molar-refractivity contribution >= 4 is 11.3 Å². The standard InChI is InChI=1S/C15H16F2N2S/c1-9-14(8-18-12-4-5-12)20-15(19-9)6-10-2-3-11(16)7-13(10)17/h2-3,7,12,18H,4-6,8H2,1H3. The Kier molecular flexibility index (Phi) is 3.81. The lowest BCUT2D eigenvalue weighted by molar-refractivity contribution is 0.574. The van der Waals surface area contributed by atoms with Gasteiger partial charge in [0.05, 0.1) is 10.7 Å². The minimum atomic E-state index is -0.545. The van der Waals surface area contributed by atoms with Crippen LogP contribution in [0.2, 0.25) is 0 Å². The summed E-state index contributed by atoms with van der Waals surface area (Å²) in [5, 5.41) is 4.33. The molecular formula is C15H16F2N2S. The molecule has 0 saturated heterocycles. The lowest BCUT2D eigenvalue weighted by Gasteiger charge is -2.00. The van der Waals surface area contributed by atoms with Gasteiger partial charge in [-0.3, -0.25) is 0 Å². The molecule has 0 aliphatic heterocycles.